The molecule has 1 saturated heterocycles. The molecule has 142 valence electrons. The second-order valence-corrected chi connectivity index (χ2v) is 8.52. The molecule has 0 radical (unpaired) electrons. The highest BCUT2D eigenvalue weighted by Gasteiger charge is 2.22. The molecule has 2 aromatic heterocycles. The maximum Gasteiger partial charge on any atom is 0.270 e. The number of carbonyl (C=O) groups is 1. The molecule has 4 aromatic rings. The van der Waals surface area contributed by atoms with Gasteiger partial charge in [-0.25, -0.2) is 0 Å². The Bertz CT molecular complexity index is 1140. The van der Waals surface area contributed by atoms with Crippen molar-refractivity contribution in [1.82, 2.24) is 14.8 Å². The standard InChI is InChI=1S/C23H23N3OS/c1-25-9-11-26(12-10-25)23(27)19-14-17-7-8-20-21(22(17)24-19)18(15-28-20)13-16-5-3-2-4-6-16/h2-8,14-15,24H,9-13H2,1H3. The van der Waals surface area contributed by atoms with Crippen LogP contribution in [0.5, 0.6) is 0 Å². The lowest BCUT2D eigenvalue weighted by Crippen LogP contribution is -2.47. The summed E-state index contributed by atoms with van der Waals surface area (Å²) in [6.45, 7) is 3.44. The van der Waals surface area contributed by atoms with E-state index in [0.717, 1.165) is 43.5 Å². The summed E-state index contributed by atoms with van der Waals surface area (Å²) in [5.41, 5.74) is 4.41. The summed E-state index contributed by atoms with van der Waals surface area (Å²) in [6.07, 6.45) is 0.903. The van der Waals surface area contributed by atoms with Gasteiger partial charge in [0.25, 0.3) is 5.91 Å². The summed E-state index contributed by atoms with van der Waals surface area (Å²) in [7, 11) is 2.10. The van der Waals surface area contributed by atoms with Gasteiger partial charge in [0, 0.05) is 41.7 Å². The third-order valence-corrected chi connectivity index (χ3v) is 6.66. The van der Waals surface area contributed by atoms with Gasteiger partial charge in [-0.3, -0.25) is 4.79 Å². The molecule has 1 amide bonds. The van der Waals surface area contributed by atoms with E-state index in [1.54, 1.807) is 11.3 Å². The zero-order valence-corrected chi connectivity index (χ0v) is 16.8. The molecular weight excluding hydrogens is 366 g/mol. The van der Waals surface area contributed by atoms with Gasteiger partial charge >= 0.3 is 0 Å². The SMILES string of the molecule is CN1CCN(C(=O)c2cc3ccc4scc(Cc5ccccc5)c4c3[nH]2)CC1. The van der Waals surface area contributed by atoms with Gasteiger partial charge in [-0.1, -0.05) is 36.4 Å². The molecule has 28 heavy (non-hydrogen) atoms. The first kappa shape index (κ1) is 17.5. The minimum atomic E-state index is 0.109. The molecule has 1 aliphatic heterocycles. The second kappa shape index (κ2) is 7.08. The minimum Gasteiger partial charge on any atom is -0.350 e. The molecule has 0 bridgehead atoms. The van der Waals surface area contributed by atoms with Crippen molar-refractivity contribution in [2.75, 3.05) is 33.2 Å². The van der Waals surface area contributed by atoms with E-state index in [2.05, 4.69) is 64.8 Å². The molecule has 0 spiro atoms. The van der Waals surface area contributed by atoms with E-state index < -0.39 is 0 Å². The number of nitrogens with one attached hydrogen (secondary N) is 1. The van der Waals surface area contributed by atoms with Gasteiger partial charge in [-0.15, -0.1) is 11.3 Å². The molecule has 0 aliphatic carbocycles. The van der Waals surface area contributed by atoms with Crippen molar-refractivity contribution in [3.63, 3.8) is 0 Å². The third kappa shape index (κ3) is 3.11. The zero-order valence-electron chi connectivity index (χ0n) is 15.9. The number of aromatic amines is 1. The number of hydrogen-bond donors (Lipinski definition) is 1. The average Bonchev–Trinajstić information content (AvgIpc) is 3.33. The molecule has 0 atom stereocenters. The first-order valence-electron chi connectivity index (χ1n) is 9.72. The van der Waals surface area contributed by atoms with Crippen LogP contribution in [0, 0.1) is 0 Å². The molecule has 0 saturated carbocycles. The molecule has 0 unspecified atom stereocenters. The van der Waals surface area contributed by atoms with E-state index in [-0.39, 0.29) is 5.91 Å². The molecule has 1 N–H and O–H groups in total. The minimum absolute atomic E-state index is 0.109. The maximum absolute atomic E-state index is 13.0. The van der Waals surface area contributed by atoms with Gasteiger partial charge < -0.3 is 14.8 Å². The van der Waals surface area contributed by atoms with Crippen LogP contribution in [0.15, 0.2) is 53.9 Å². The highest BCUT2D eigenvalue weighted by molar-refractivity contribution is 7.17. The van der Waals surface area contributed by atoms with Crippen LogP contribution in [0.25, 0.3) is 21.0 Å². The first-order valence-corrected chi connectivity index (χ1v) is 10.6. The Morgan fingerprint density at radius 2 is 1.86 bits per heavy atom. The van der Waals surface area contributed by atoms with Gasteiger partial charge in [0.2, 0.25) is 0 Å². The molecular formula is C23H23N3OS. The highest BCUT2D eigenvalue weighted by atomic mass is 32.1. The number of thiophene rings is 1. The Morgan fingerprint density at radius 1 is 1.07 bits per heavy atom. The molecule has 5 heteroatoms. The smallest absolute Gasteiger partial charge is 0.270 e. The number of H-pyrrole nitrogens is 1. The number of aromatic nitrogens is 1. The van der Waals surface area contributed by atoms with Crippen molar-refractivity contribution in [2.24, 2.45) is 0 Å². The molecule has 2 aromatic carbocycles. The summed E-state index contributed by atoms with van der Waals surface area (Å²) in [5, 5.41) is 4.61. The normalized spacial score (nSPS) is 15.5. The summed E-state index contributed by atoms with van der Waals surface area (Å²) in [5.74, 6) is 0.109. The van der Waals surface area contributed by atoms with Crippen LogP contribution in [0.3, 0.4) is 0 Å². The third-order valence-electron chi connectivity index (χ3n) is 5.67. The van der Waals surface area contributed by atoms with Crippen LogP contribution >= 0.6 is 11.3 Å². The molecule has 1 aliphatic rings. The van der Waals surface area contributed by atoms with Gasteiger partial charge in [0.15, 0.2) is 0 Å². The number of nitrogens with zero attached hydrogens (tertiary/aromatic N) is 2. The number of rotatable bonds is 3. The predicted octanol–water partition coefficient (Wildman–Crippen LogP) is 4.36. The number of amides is 1. The second-order valence-electron chi connectivity index (χ2n) is 7.60. The number of hydrogen-bond acceptors (Lipinski definition) is 3. The highest BCUT2D eigenvalue weighted by Crippen LogP contribution is 2.34. The van der Waals surface area contributed by atoms with Crippen LogP contribution in [-0.4, -0.2) is 53.9 Å². The number of fused-ring (bicyclic) bond motifs is 3. The van der Waals surface area contributed by atoms with E-state index in [1.165, 1.54) is 21.2 Å². The number of piperazine rings is 1. The van der Waals surface area contributed by atoms with E-state index in [4.69, 9.17) is 0 Å². The fourth-order valence-electron chi connectivity index (χ4n) is 4.03. The predicted molar refractivity (Wildman–Crippen MR) is 116 cm³/mol. The summed E-state index contributed by atoms with van der Waals surface area (Å²) >= 11 is 1.77. The Kier molecular flexibility index (Phi) is 4.41. The van der Waals surface area contributed by atoms with Crippen LogP contribution in [0.4, 0.5) is 0 Å². The summed E-state index contributed by atoms with van der Waals surface area (Å²) < 4.78 is 1.26. The van der Waals surface area contributed by atoms with Crippen molar-refractivity contribution in [2.45, 2.75) is 6.42 Å². The largest absolute Gasteiger partial charge is 0.350 e. The Morgan fingerprint density at radius 3 is 2.64 bits per heavy atom. The fourth-order valence-corrected chi connectivity index (χ4v) is 5.00. The van der Waals surface area contributed by atoms with E-state index >= 15 is 0 Å². The molecule has 5 rings (SSSR count). The Hall–Kier alpha value is -2.63. The van der Waals surface area contributed by atoms with Crippen LogP contribution in [0.1, 0.15) is 21.6 Å². The number of likely N-dealkylation sites (N-methyl/N-ethyl adjacent to an activating group) is 1. The fraction of sp³-hybridized carbons (Fsp3) is 0.261. The average molecular weight is 390 g/mol. The first-order chi connectivity index (χ1) is 13.7. The summed E-state index contributed by atoms with van der Waals surface area (Å²) in [4.78, 5) is 20.7. The monoisotopic (exact) mass is 389 g/mol. The van der Waals surface area contributed by atoms with Crippen molar-refractivity contribution < 1.29 is 4.79 Å². The van der Waals surface area contributed by atoms with Crippen LogP contribution in [-0.2, 0) is 6.42 Å². The van der Waals surface area contributed by atoms with Crippen molar-refractivity contribution in [3.8, 4) is 0 Å². The van der Waals surface area contributed by atoms with E-state index in [1.807, 2.05) is 11.0 Å². The molecule has 1 fully saturated rings. The lowest BCUT2D eigenvalue weighted by molar-refractivity contribution is 0.0659. The van der Waals surface area contributed by atoms with Crippen LogP contribution < -0.4 is 0 Å². The lowest BCUT2D eigenvalue weighted by atomic mass is 10.0. The quantitative estimate of drug-likeness (QED) is 0.565. The molecule has 4 nitrogen and oxygen atoms in total. The van der Waals surface area contributed by atoms with E-state index in [0.29, 0.717) is 5.69 Å². The van der Waals surface area contributed by atoms with Gasteiger partial charge in [-0.05, 0) is 42.1 Å². The van der Waals surface area contributed by atoms with Gasteiger partial charge in [-0.2, -0.15) is 0 Å². The lowest BCUT2D eigenvalue weighted by Gasteiger charge is -2.32. The van der Waals surface area contributed by atoms with Gasteiger partial charge in [0.1, 0.15) is 5.69 Å². The number of carbonyl (C=O) groups excluding carboxylic acids is 1. The van der Waals surface area contributed by atoms with Crippen molar-refractivity contribution in [1.29, 1.82) is 0 Å². The molecule has 3 heterocycles. The van der Waals surface area contributed by atoms with Crippen LogP contribution in [0.2, 0.25) is 0 Å². The summed E-state index contributed by atoms with van der Waals surface area (Å²) in [6, 6.07) is 16.9. The topological polar surface area (TPSA) is 39.3 Å². The Labute approximate surface area is 168 Å². The van der Waals surface area contributed by atoms with Crippen molar-refractivity contribution >= 4 is 38.2 Å². The van der Waals surface area contributed by atoms with Gasteiger partial charge in [0.05, 0.1) is 5.52 Å². The van der Waals surface area contributed by atoms with Crippen molar-refractivity contribution in [3.05, 3.63) is 70.7 Å². The van der Waals surface area contributed by atoms with E-state index in [9.17, 15) is 4.79 Å². The number of benzene rings is 2. The zero-order chi connectivity index (χ0) is 19.1. The maximum atomic E-state index is 13.0. The Balaban J connectivity index is 1.53.